The topological polar surface area (TPSA) is 63.2 Å². The maximum atomic E-state index is 5.82. The Kier molecular flexibility index (Phi) is 3.74. The van der Waals surface area contributed by atoms with Crippen molar-refractivity contribution in [1.82, 2.24) is 20.3 Å². The van der Waals surface area contributed by atoms with Crippen LogP contribution in [0.4, 0.5) is 5.95 Å². The highest BCUT2D eigenvalue weighted by Crippen LogP contribution is 2.15. The second-order valence-electron chi connectivity index (χ2n) is 3.36. The number of halogens is 1. The minimum Gasteiger partial charge on any atom is -0.464 e. The van der Waals surface area contributed by atoms with E-state index in [-0.39, 0.29) is 11.3 Å². The molecule has 2 rings (SSSR count). The predicted octanol–water partition coefficient (Wildman–Crippen LogP) is 0.333. The first-order valence-electron chi connectivity index (χ1n) is 5.29. The Labute approximate surface area is 99.0 Å². The van der Waals surface area contributed by atoms with Gasteiger partial charge in [0.1, 0.15) is 0 Å². The van der Waals surface area contributed by atoms with E-state index in [9.17, 15) is 0 Å². The average Bonchev–Trinajstić information content (AvgIpc) is 2.30. The molecule has 0 bridgehead atoms. The molecule has 1 saturated heterocycles. The molecule has 1 aliphatic heterocycles. The van der Waals surface area contributed by atoms with Crippen LogP contribution in [0.3, 0.4) is 0 Å². The Balaban J connectivity index is 2.18. The lowest BCUT2D eigenvalue weighted by molar-refractivity contribution is 0.311. The predicted molar refractivity (Wildman–Crippen MR) is 61.1 cm³/mol. The number of rotatable bonds is 3. The molecular weight excluding hydrogens is 230 g/mol. The van der Waals surface area contributed by atoms with E-state index < -0.39 is 0 Å². The van der Waals surface area contributed by atoms with Crippen LogP contribution >= 0.6 is 11.6 Å². The number of nitrogens with zero attached hydrogens (tertiary/aromatic N) is 4. The highest BCUT2D eigenvalue weighted by Gasteiger charge is 2.15. The van der Waals surface area contributed by atoms with Gasteiger partial charge in [0.15, 0.2) is 0 Å². The molecule has 0 amide bonds. The number of nitrogens with one attached hydrogen (secondary N) is 1. The first kappa shape index (κ1) is 11.3. The van der Waals surface area contributed by atoms with E-state index in [4.69, 9.17) is 16.3 Å². The van der Waals surface area contributed by atoms with Gasteiger partial charge in [-0.2, -0.15) is 15.0 Å². The van der Waals surface area contributed by atoms with Crippen LogP contribution < -0.4 is 15.0 Å². The molecular formula is C9H14ClN5O. The number of ether oxygens (including phenoxy) is 1. The van der Waals surface area contributed by atoms with E-state index in [1.165, 1.54) is 0 Å². The zero-order chi connectivity index (χ0) is 11.4. The van der Waals surface area contributed by atoms with Gasteiger partial charge >= 0.3 is 6.01 Å². The fraction of sp³-hybridized carbons (Fsp3) is 0.667. The number of anilines is 1. The molecule has 16 heavy (non-hydrogen) atoms. The summed E-state index contributed by atoms with van der Waals surface area (Å²) in [5.74, 6) is 0.588. The fourth-order valence-electron chi connectivity index (χ4n) is 1.52. The van der Waals surface area contributed by atoms with Crippen LogP contribution in [0.15, 0.2) is 0 Å². The molecule has 0 unspecified atom stereocenters. The summed E-state index contributed by atoms with van der Waals surface area (Å²) in [6.45, 7) is 5.97. The van der Waals surface area contributed by atoms with Crippen molar-refractivity contribution in [2.45, 2.75) is 6.92 Å². The molecule has 2 heterocycles. The van der Waals surface area contributed by atoms with Gasteiger partial charge in [0.25, 0.3) is 0 Å². The molecule has 0 aliphatic carbocycles. The van der Waals surface area contributed by atoms with Crippen molar-refractivity contribution in [1.29, 1.82) is 0 Å². The van der Waals surface area contributed by atoms with Crippen LogP contribution in [0.2, 0.25) is 5.28 Å². The summed E-state index contributed by atoms with van der Waals surface area (Å²) < 4.78 is 5.23. The third kappa shape index (κ3) is 2.70. The summed E-state index contributed by atoms with van der Waals surface area (Å²) in [4.78, 5) is 14.3. The molecule has 0 saturated carbocycles. The van der Waals surface area contributed by atoms with Gasteiger partial charge in [-0.15, -0.1) is 0 Å². The Hall–Kier alpha value is -1.14. The highest BCUT2D eigenvalue weighted by atomic mass is 35.5. The van der Waals surface area contributed by atoms with Crippen LogP contribution in [0, 0.1) is 0 Å². The molecule has 6 nitrogen and oxygen atoms in total. The summed E-state index contributed by atoms with van der Waals surface area (Å²) in [5, 5.41) is 3.43. The number of hydrogen-bond donors (Lipinski definition) is 1. The van der Waals surface area contributed by atoms with Gasteiger partial charge in [0, 0.05) is 26.2 Å². The quantitative estimate of drug-likeness (QED) is 0.826. The van der Waals surface area contributed by atoms with Gasteiger partial charge in [0.2, 0.25) is 11.2 Å². The van der Waals surface area contributed by atoms with Gasteiger partial charge in [-0.05, 0) is 18.5 Å². The summed E-state index contributed by atoms with van der Waals surface area (Å²) in [6, 6.07) is 0.288. The van der Waals surface area contributed by atoms with Gasteiger partial charge in [-0.3, -0.25) is 0 Å². The van der Waals surface area contributed by atoms with Crippen LogP contribution in [0.1, 0.15) is 6.92 Å². The zero-order valence-electron chi connectivity index (χ0n) is 9.11. The molecule has 1 fully saturated rings. The molecule has 7 heteroatoms. The first-order chi connectivity index (χ1) is 7.79. The minimum atomic E-state index is 0.173. The van der Waals surface area contributed by atoms with Crippen molar-refractivity contribution in [2.24, 2.45) is 0 Å². The normalized spacial score (nSPS) is 16.2. The van der Waals surface area contributed by atoms with Gasteiger partial charge in [-0.1, -0.05) is 0 Å². The molecule has 1 aromatic heterocycles. The van der Waals surface area contributed by atoms with Crippen molar-refractivity contribution in [2.75, 3.05) is 37.7 Å². The van der Waals surface area contributed by atoms with E-state index in [0.717, 1.165) is 26.2 Å². The maximum absolute atomic E-state index is 5.82. The van der Waals surface area contributed by atoms with Crippen molar-refractivity contribution in [3.05, 3.63) is 5.28 Å². The van der Waals surface area contributed by atoms with Crippen molar-refractivity contribution < 1.29 is 4.74 Å². The SMILES string of the molecule is CCOc1nc(Cl)nc(N2CCNCC2)n1. The monoisotopic (exact) mass is 243 g/mol. The summed E-state index contributed by atoms with van der Waals surface area (Å²) in [6.07, 6.45) is 0. The maximum Gasteiger partial charge on any atom is 0.322 e. The smallest absolute Gasteiger partial charge is 0.322 e. The van der Waals surface area contributed by atoms with Crippen LogP contribution in [-0.2, 0) is 0 Å². The zero-order valence-corrected chi connectivity index (χ0v) is 9.87. The van der Waals surface area contributed by atoms with E-state index in [1.807, 2.05) is 6.92 Å². The van der Waals surface area contributed by atoms with Crippen molar-refractivity contribution in [3.63, 3.8) is 0 Å². The Morgan fingerprint density at radius 3 is 2.75 bits per heavy atom. The Bertz CT molecular complexity index is 356. The van der Waals surface area contributed by atoms with E-state index in [2.05, 4.69) is 25.2 Å². The van der Waals surface area contributed by atoms with Gasteiger partial charge in [-0.25, -0.2) is 0 Å². The van der Waals surface area contributed by atoms with E-state index in [1.54, 1.807) is 0 Å². The summed E-state index contributed by atoms with van der Waals surface area (Å²) in [7, 11) is 0. The highest BCUT2D eigenvalue weighted by molar-refractivity contribution is 6.28. The minimum absolute atomic E-state index is 0.173. The van der Waals surface area contributed by atoms with Crippen molar-refractivity contribution >= 4 is 17.5 Å². The van der Waals surface area contributed by atoms with E-state index in [0.29, 0.717) is 12.6 Å². The Morgan fingerprint density at radius 2 is 2.06 bits per heavy atom. The molecule has 0 aromatic carbocycles. The molecule has 1 N–H and O–H groups in total. The van der Waals surface area contributed by atoms with Crippen LogP contribution in [0.5, 0.6) is 6.01 Å². The third-order valence-electron chi connectivity index (χ3n) is 2.25. The summed E-state index contributed by atoms with van der Waals surface area (Å²) in [5.41, 5.74) is 0. The molecule has 0 spiro atoms. The lowest BCUT2D eigenvalue weighted by Crippen LogP contribution is -2.44. The molecule has 1 aliphatic rings. The van der Waals surface area contributed by atoms with E-state index >= 15 is 0 Å². The third-order valence-corrected chi connectivity index (χ3v) is 2.42. The molecule has 0 atom stereocenters. The van der Waals surface area contributed by atoms with Gasteiger partial charge < -0.3 is 15.0 Å². The van der Waals surface area contributed by atoms with Crippen molar-refractivity contribution in [3.8, 4) is 6.01 Å². The summed E-state index contributed by atoms with van der Waals surface area (Å²) >= 11 is 5.82. The second-order valence-corrected chi connectivity index (χ2v) is 3.70. The number of hydrogen-bond acceptors (Lipinski definition) is 6. The standard InChI is InChI=1S/C9H14ClN5O/c1-2-16-9-13-7(10)12-8(14-9)15-5-3-11-4-6-15/h11H,2-6H2,1H3. The fourth-order valence-corrected chi connectivity index (χ4v) is 1.67. The lowest BCUT2D eigenvalue weighted by Gasteiger charge is -2.27. The molecule has 88 valence electrons. The largest absolute Gasteiger partial charge is 0.464 e. The second kappa shape index (κ2) is 5.27. The lowest BCUT2D eigenvalue weighted by atomic mass is 10.4. The first-order valence-corrected chi connectivity index (χ1v) is 5.67. The molecule has 0 radical (unpaired) electrons. The van der Waals surface area contributed by atoms with Gasteiger partial charge in [0.05, 0.1) is 6.61 Å². The number of aromatic nitrogens is 3. The average molecular weight is 244 g/mol. The molecule has 1 aromatic rings. The number of piperazine rings is 1. The van der Waals surface area contributed by atoms with Crippen LogP contribution in [0.25, 0.3) is 0 Å². The van der Waals surface area contributed by atoms with Crippen LogP contribution in [-0.4, -0.2) is 47.7 Å². The Morgan fingerprint density at radius 1 is 1.31 bits per heavy atom.